The van der Waals surface area contributed by atoms with Crippen molar-refractivity contribution in [3.63, 3.8) is 0 Å². The van der Waals surface area contributed by atoms with Gasteiger partial charge in [-0.05, 0) is 31.4 Å². The largest absolute Gasteiger partial charge is 0.355 e. The van der Waals surface area contributed by atoms with Gasteiger partial charge in [-0.25, -0.2) is 4.98 Å². The van der Waals surface area contributed by atoms with Gasteiger partial charge in [0.1, 0.15) is 0 Å². The molecule has 24 heavy (non-hydrogen) atoms. The average molecular weight is 344 g/mol. The maximum absolute atomic E-state index is 12.0. The molecule has 0 saturated heterocycles. The zero-order valence-corrected chi connectivity index (χ0v) is 14.5. The Morgan fingerprint density at radius 2 is 2.17 bits per heavy atom. The maximum atomic E-state index is 12.0. The summed E-state index contributed by atoms with van der Waals surface area (Å²) in [7, 11) is 0. The molecule has 0 radical (unpaired) electrons. The van der Waals surface area contributed by atoms with Crippen LogP contribution in [-0.2, 0) is 9.59 Å². The van der Waals surface area contributed by atoms with Crippen molar-refractivity contribution in [1.82, 2.24) is 15.3 Å². The first-order chi connectivity index (χ1) is 11.5. The van der Waals surface area contributed by atoms with Crippen LogP contribution in [0.15, 0.2) is 24.4 Å². The zero-order valence-electron chi connectivity index (χ0n) is 13.7. The van der Waals surface area contributed by atoms with Gasteiger partial charge in [-0.3, -0.25) is 14.6 Å². The normalized spacial score (nSPS) is 18.9. The van der Waals surface area contributed by atoms with Gasteiger partial charge in [0.15, 0.2) is 5.13 Å². The van der Waals surface area contributed by atoms with Crippen LogP contribution in [-0.4, -0.2) is 28.3 Å². The molecule has 2 aromatic rings. The fourth-order valence-electron chi connectivity index (χ4n) is 2.48. The van der Waals surface area contributed by atoms with Gasteiger partial charge < -0.3 is 10.6 Å². The smallest absolute Gasteiger partial charge is 0.227 e. The minimum absolute atomic E-state index is 0.0535. The molecule has 0 aliphatic heterocycles. The molecule has 3 rings (SSSR count). The van der Waals surface area contributed by atoms with Crippen LogP contribution in [0.3, 0.4) is 0 Å². The Balaban J connectivity index is 1.51. The van der Waals surface area contributed by atoms with Crippen molar-refractivity contribution in [3.8, 4) is 10.6 Å². The van der Waals surface area contributed by atoms with Crippen LogP contribution in [0.2, 0.25) is 0 Å². The lowest BCUT2D eigenvalue weighted by molar-refractivity contribution is -0.122. The number of anilines is 1. The van der Waals surface area contributed by atoms with Crippen LogP contribution in [0.25, 0.3) is 10.6 Å². The summed E-state index contributed by atoms with van der Waals surface area (Å²) in [6, 6.07) is 5.70. The monoisotopic (exact) mass is 344 g/mol. The van der Waals surface area contributed by atoms with E-state index in [9.17, 15) is 9.59 Å². The van der Waals surface area contributed by atoms with Crippen molar-refractivity contribution < 1.29 is 9.59 Å². The van der Waals surface area contributed by atoms with Crippen molar-refractivity contribution in [2.24, 2.45) is 11.8 Å². The molecule has 1 fully saturated rings. The van der Waals surface area contributed by atoms with Crippen molar-refractivity contribution in [3.05, 3.63) is 30.1 Å². The first-order valence-electron chi connectivity index (χ1n) is 8.01. The second-order valence-electron chi connectivity index (χ2n) is 6.06. The molecular weight excluding hydrogens is 324 g/mol. The number of carbonyl (C=O) groups is 2. The number of nitrogens with one attached hydrogen (secondary N) is 2. The minimum Gasteiger partial charge on any atom is -0.355 e. The van der Waals surface area contributed by atoms with E-state index in [1.165, 1.54) is 11.3 Å². The first kappa shape index (κ1) is 16.6. The number of carbonyl (C=O) groups excluding carboxylic acids is 2. The summed E-state index contributed by atoms with van der Waals surface area (Å²) >= 11 is 1.40. The molecule has 6 nitrogen and oxygen atoms in total. The second kappa shape index (κ2) is 7.09. The SMILES string of the molecule is Cc1nc(NC(=O)CCNC(=O)[C@@H]2C[C@@H]2C)sc1-c1ccccn1. The molecule has 1 saturated carbocycles. The van der Waals surface area contributed by atoms with E-state index in [4.69, 9.17) is 0 Å². The number of amides is 2. The molecule has 2 N–H and O–H groups in total. The van der Waals surface area contributed by atoms with Crippen LogP contribution >= 0.6 is 11.3 Å². The van der Waals surface area contributed by atoms with Crippen LogP contribution in [0.1, 0.15) is 25.5 Å². The number of hydrogen-bond acceptors (Lipinski definition) is 5. The van der Waals surface area contributed by atoms with E-state index in [0.717, 1.165) is 22.7 Å². The molecule has 2 amide bonds. The Bertz CT molecular complexity index is 744. The van der Waals surface area contributed by atoms with E-state index >= 15 is 0 Å². The second-order valence-corrected chi connectivity index (χ2v) is 7.06. The number of hydrogen-bond donors (Lipinski definition) is 2. The predicted octanol–water partition coefficient (Wildman–Crippen LogP) is 2.61. The molecule has 7 heteroatoms. The average Bonchev–Trinajstić information content (AvgIpc) is 3.19. The highest BCUT2D eigenvalue weighted by molar-refractivity contribution is 7.19. The summed E-state index contributed by atoms with van der Waals surface area (Å²) < 4.78 is 0. The highest BCUT2D eigenvalue weighted by Gasteiger charge is 2.38. The Morgan fingerprint density at radius 3 is 2.83 bits per heavy atom. The Labute approximate surface area is 144 Å². The van der Waals surface area contributed by atoms with Crippen molar-refractivity contribution in [2.75, 3.05) is 11.9 Å². The summed E-state index contributed by atoms with van der Waals surface area (Å²) in [6.45, 7) is 4.31. The van der Waals surface area contributed by atoms with Gasteiger partial charge in [0.2, 0.25) is 11.8 Å². The van der Waals surface area contributed by atoms with Crippen LogP contribution in [0.5, 0.6) is 0 Å². The number of thiazole rings is 1. The summed E-state index contributed by atoms with van der Waals surface area (Å²) in [6.07, 6.45) is 2.92. The summed E-state index contributed by atoms with van der Waals surface area (Å²) in [5.41, 5.74) is 1.68. The van der Waals surface area contributed by atoms with Gasteiger partial charge in [0.25, 0.3) is 0 Å². The molecule has 2 heterocycles. The van der Waals surface area contributed by atoms with Gasteiger partial charge >= 0.3 is 0 Å². The molecule has 2 aromatic heterocycles. The van der Waals surface area contributed by atoms with Crippen LogP contribution in [0.4, 0.5) is 5.13 Å². The highest BCUT2D eigenvalue weighted by atomic mass is 32.1. The lowest BCUT2D eigenvalue weighted by Crippen LogP contribution is -2.29. The standard InChI is InChI=1S/C17H20N4O2S/c1-10-9-12(10)16(23)19-8-6-14(22)21-17-20-11(2)15(24-17)13-5-3-4-7-18-13/h3-5,7,10,12H,6,8-9H2,1-2H3,(H,19,23)(H,20,21,22)/t10-,12+/m0/s1. The fraction of sp³-hybridized carbons (Fsp3) is 0.412. The highest BCUT2D eigenvalue weighted by Crippen LogP contribution is 2.37. The van der Waals surface area contributed by atoms with E-state index < -0.39 is 0 Å². The third-order valence-electron chi connectivity index (χ3n) is 4.04. The maximum Gasteiger partial charge on any atom is 0.227 e. The number of aryl methyl sites for hydroxylation is 1. The lowest BCUT2D eigenvalue weighted by Gasteiger charge is -2.04. The van der Waals surface area contributed by atoms with Crippen molar-refractivity contribution >= 4 is 28.3 Å². The van der Waals surface area contributed by atoms with Gasteiger partial charge in [0.05, 0.1) is 16.3 Å². The van der Waals surface area contributed by atoms with Crippen molar-refractivity contribution in [1.29, 1.82) is 0 Å². The summed E-state index contributed by atoms with van der Waals surface area (Å²) in [4.78, 5) is 33.3. The predicted molar refractivity (Wildman–Crippen MR) is 93.6 cm³/mol. The Morgan fingerprint density at radius 1 is 1.38 bits per heavy atom. The third kappa shape index (κ3) is 3.97. The molecule has 1 aliphatic carbocycles. The van der Waals surface area contributed by atoms with E-state index in [1.807, 2.05) is 25.1 Å². The van der Waals surface area contributed by atoms with E-state index in [2.05, 4.69) is 27.5 Å². The van der Waals surface area contributed by atoms with Gasteiger partial charge in [-0.1, -0.05) is 24.3 Å². The van der Waals surface area contributed by atoms with Gasteiger partial charge in [-0.2, -0.15) is 0 Å². The van der Waals surface area contributed by atoms with Crippen LogP contribution in [0, 0.1) is 18.8 Å². The topological polar surface area (TPSA) is 84.0 Å². The molecule has 1 aliphatic rings. The molecule has 126 valence electrons. The number of nitrogens with zero attached hydrogens (tertiary/aromatic N) is 2. The molecule has 2 atom stereocenters. The Hall–Kier alpha value is -2.28. The quantitative estimate of drug-likeness (QED) is 0.844. The van der Waals surface area contributed by atoms with Gasteiger partial charge in [0, 0.05) is 25.1 Å². The summed E-state index contributed by atoms with van der Waals surface area (Å²) in [5.74, 6) is 0.510. The number of pyridine rings is 1. The third-order valence-corrected chi connectivity index (χ3v) is 5.13. The van der Waals surface area contributed by atoms with Gasteiger partial charge in [-0.15, -0.1) is 0 Å². The first-order valence-corrected chi connectivity index (χ1v) is 8.82. The minimum atomic E-state index is -0.152. The number of aromatic nitrogens is 2. The molecule has 0 unspecified atom stereocenters. The van der Waals surface area contributed by atoms with Crippen LogP contribution < -0.4 is 10.6 Å². The van der Waals surface area contributed by atoms with E-state index in [1.54, 1.807) is 6.20 Å². The molecule has 0 aromatic carbocycles. The molecule has 0 bridgehead atoms. The Kier molecular flexibility index (Phi) is 4.89. The lowest BCUT2D eigenvalue weighted by atomic mass is 10.3. The molecule has 0 spiro atoms. The summed E-state index contributed by atoms with van der Waals surface area (Å²) in [5, 5.41) is 6.15. The number of rotatable bonds is 6. The zero-order chi connectivity index (χ0) is 17.1. The van der Waals surface area contributed by atoms with Crippen molar-refractivity contribution in [2.45, 2.75) is 26.7 Å². The molecular formula is C17H20N4O2S. The fourth-order valence-corrected chi connectivity index (χ4v) is 3.44. The van der Waals surface area contributed by atoms with E-state index in [-0.39, 0.29) is 24.2 Å². The van der Waals surface area contributed by atoms with E-state index in [0.29, 0.717) is 17.6 Å².